The van der Waals surface area contributed by atoms with Crippen LogP contribution < -0.4 is 9.47 Å². The number of carbonyl (C=O) groups is 4. The Morgan fingerprint density at radius 3 is 1.83 bits per heavy atom. The first-order valence-corrected chi connectivity index (χ1v) is 22.2. The summed E-state index contributed by atoms with van der Waals surface area (Å²) in [5, 5.41) is 9.34. The summed E-state index contributed by atoms with van der Waals surface area (Å²) in [6, 6.07) is 12.2. The van der Waals surface area contributed by atoms with E-state index in [1.807, 2.05) is 13.8 Å². The molecule has 1 aliphatic heterocycles. The predicted octanol–water partition coefficient (Wildman–Crippen LogP) is 10.2. The fraction of sp³-hybridized carbons (Fsp3) is 0.529. The predicted molar refractivity (Wildman–Crippen MR) is 237 cm³/mol. The quantitative estimate of drug-likeness (QED) is 0.0715. The van der Waals surface area contributed by atoms with Crippen molar-refractivity contribution in [1.82, 2.24) is 0 Å². The molecule has 1 saturated heterocycles. The Bertz CT molecular complexity index is 2050. The average molecular weight is 909 g/mol. The lowest BCUT2D eigenvalue weighted by molar-refractivity contribution is -0.258. The lowest BCUT2D eigenvalue weighted by Crippen LogP contribution is -2.52. The number of aliphatic hydroxyl groups is 1. The molecule has 14 heteroatoms. The van der Waals surface area contributed by atoms with Crippen molar-refractivity contribution in [2.45, 2.75) is 129 Å². The second kappa shape index (κ2) is 21.0. The second-order valence-corrected chi connectivity index (χ2v) is 18.5. The van der Waals surface area contributed by atoms with Crippen molar-refractivity contribution in [2.24, 2.45) is 35.5 Å². The van der Waals surface area contributed by atoms with E-state index in [1.54, 1.807) is 45.0 Å². The maximum absolute atomic E-state index is 12.4. The van der Waals surface area contributed by atoms with E-state index in [-0.39, 0.29) is 59.4 Å². The number of benzene rings is 2. The molecule has 6 bridgehead atoms. The Labute approximate surface area is 380 Å². The summed E-state index contributed by atoms with van der Waals surface area (Å²) in [5.74, 6) is 3.13. The second-order valence-electron chi connectivity index (χ2n) is 18.5. The van der Waals surface area contributed by atoms with Gasteiger partial charge in [-0.1, -0.05) is 56.7 Å². The fourth-order valence-electron chi connectivity index (χ4n) is 10.1. The summed E-state index contributed by atoms with van der Waals surface area (Å²) >= 11 is 0. The zero-order chi connectivity index (χ0) is 48.0. The normalized spacial score (nSPS) is 28.5. The highest BCUT2D eigenvalue weighted by Crippen LogP contribution is 2.57. The molecule has 0 amide bonds. The number of hydrogen-bond acceptors (Lipinski definition) is 11. The monoisotopic (exact) mass is 908 g/mol. The van der Waals surface area contributed by atoms with Crippen LogP contribution in [0.3, 0.4) is 0 Å². The number of esters is 4. The van der Waals surface area contributed by atoms with Crippen LogP contribution in [-0.2, 0) is 43.7 Å². The molecule has 1 N–H and O–H groups in total. The van der Waals surface area contributed by atoms with Gasteiger partial charge >= 0.3 is 30.1 Å². The molecule has 7 unspecified atom stereocenters. The fourth-order valence-corrected chi connectivity index (χ4v) is 10.1. The van der Waals surface area contributed by atoms with Crippen LogP contribution in [0.1, 0.15) is 104 Å². The van der Waals surface area contributed by atoms with Crippen molar-refractivity contribution < 1.29 is 65.9 Å². The average Bonchev–Trinajstić information content (AvgIpc) is 3.87. The van der Waals surface area contributed by atoms with Crippen molar-refractivity contribution in [2.75, 3.05) is 6.61 Å². The standard InChI is InChI=1S/C14H18O4.C14H20O2.C12H14O4.C11H11F3O/c1-5-16-11(4)17-12-6-8-13(9-7-12)18-14(15)10(2)3;1-9(2)13(15)16-14-6-10-3-11(7-14)5-12(4-10)8-14;1-5(2)11(13)15-9-6-3-7-8(4-6)12(14)16-10(7)9;1-3-8-4-6-9(7-5-8)10(2,15)11(12,13)14/h6-9,11H,2,5H2,1,3-4H3;10-12H,1,3-8H2,2H3;6-10H,1,3-4H2,2H3;3-7,15H,1H2,2H3. The van der Waals surface area contributed by atoms with Crippen LogP contribution in [0.2, 0.25) is 0 Å². The molecule has 9 rings (SSSR count). The molecule has 11 nitrogen and oxygen atoms in total. The molecule has 2 aromatic carbocycles. The van der Waals surface area contributed by atoms with Gasteiger partial charge in [0.1, 0.15) is 29.3 Å². The van der Waals surface area contributed by atoms with Crippen LogP contribution in [-0.4, -0.2) is 65.9 Å². The van der Waals surface area contributed by atoms with Gasteiger partial charge in [0, 0.05) is 35.2 Å². The summed E-state index contributed by atoms with van der Waals surface area (Å²) in [7, 11) is 0. The van der Waals surface area contributed by atoms with E-state index in [1.165, 1.54) is 49.6 Å². The van der Waals surface area contributed by atoms with Crippen molar-refractivity contribution in [1.29, 1.82) is 0 Å². The Morgan fingerprint density at radius 1 is 0.831 bits per heavy atom. The largest absolute Gasteiger partial charge is 0.465 e. The summed E-state index contributed by atoms with van der Waals surface area (Å²) in [6.07, 6.45) is 5.33. The highest BCUT2D eigenvalue weighted by Gasteiger charge is 2.63. The van der Waals surface area contributed by atoms with E-state index < -0.39 is 17.7 Å². The number of hydrogen-bond donors (Lipinski definition) is 1. The molecule has 0 spiro atoms. The molecular weight excluding hydrogens is 846 g/mol. The SMILES string of the molecule is C=C(C)C(=O)OC12CC3CC(CC(C3)C1)C2.C=C(C)C(=O)OC1C2CC3C(=O)OC1C3C2.C=C(C)C(=O)Oc1ccc(OC(C)OCC)cc1.C=Cc1ccc(C(C)(O)C(F)(F)F)cc1. The molecular formula is C51H63F3O11. The third-order valence-electron chi connectivity index (χ3n) is 13.0. The maximum atomic E-state index is 12.4. The Hall–Kier alpha value is -5.21. The Balaban J connectivity index is 0.000000163. The summed E-state index contributed by atoms with van der Waals surface area (Å²) in [5.41, 5.74) is -1.10. The van der Waals surface area contributed by atoms with Crippen LogP contribution in [0.4, 0.5) is 13.2 Å². The van der Waals surface area contributed by atoms with Crippen LogP contribution in [0, 0.1) is 35.5 Å². The molecule has 0 radical (unpaired) electrons. The number of rotatable bonds is 12. The first-order chi connectivity index (χ1) is 30.4. The Morgan fingerprint density at radius 2 is 1.35 bits per heavy atom. The van der Waals surface area contributed by atoms with Gasteiger partial charge in [0.05, 0.1) is 5.92 Å². The molecule has 7 aliphatic rings. The van der Waals surface area contributed by atoms with Gasteiger partial charge in [-0.05, 0) is 146 Å². The van der Waals surface area contributed by atoms with Crippen LogP contribution in [0.15, 0.2) is 91.6 Å². The molecule has 65 heavy (non-hydrogen) atoms. The molecule has 6 saturated carbocycles. The van der Waals surface area contributed by atoms with Crippen molar-refractivity contribution in [3.63, 3.8) is 0 Å². The smallest absolute Gasteiger partial charge is 0.421 e. The first-order valence-electron chi connectivity index (χ1n) is 22.2. The highest BCUT2D eigenvalue weighted by atomic mass is 19.4. The van der Waals surface area contributed by atoms with Gasteiger partial charge in [0.2, 0.25) is 0 Å². The zero-order valence-corrected chi connectivity index (χ0v) is 38.2. The van der Waals surface area contributed by atoms with Gasteiger partial charge in [0.25, 0.3) is 0 Å². The third-order valence-corrected chi connectivity index (χ3v) is 13.0. The summed E-state index contributed by atoms with van der Waals surface area (Å²) < 4.78 is 69.5. The number of carbonyl (C=O) groups excluding carboxylic acids is 4. The lowest BCUT2D eigenvalue weighted by atomic mass is 9.54. The number of fused-ring (bicyclic) bond motifs is 1. The van der Waals surface area contributed by atoms with E-state index in [4.69, 9.17) is 28.4 Å². The zero-order valence-electron chi connectivity index (χ0n) is 38.2. The molecule has 1 heterocycles. The minimum atomic E-state index is -4.68. The van der Waals surface area contributed by atoms with Gasteiger partial charge in [0.15, 0.2) is 11.9 Å². The molecule has 7 atom stereocenters. The maximum Gasteiger partial charge on any atom is 0.421 e. The van der Waals surface area contributed by atoms with Gasteiger partial charge in [-0.25, -0.2) is 14.4 Å². The van der Waals surface area contributed by atoms with Gasteiger partial charge in [-0.2, -0.15) is 13.2 Å². The highest BCUT2D eigenvalue weighted by molar-refractivity contribution is 5.89. The van der Waals surface area contributed by atoms with E-state index in [0.717, 1.165) is 56.8 Å². The number of ether oxygens (including phenoxy) is 6. The van der Waals surface area contributed by atoms with Crippen molar-refractivity contribution in [3.8, 4) is 11.5 Å². The minimum Gasteiger partial charge on any atom is -0.465 e. The molecule has 2 aromatic rings. The van der Waals surface area contributed by atoms with E-state index >= 15 is 0 Å². The minimum absolute atomic E-state index is 0.0646. The third kappa shape index (κ3) is 12.6. The topological polar surface area (TPSA) is 144 Å². The summed E-state index contributed by atoms with van der Waals surface area (Å²) in [4.78, 5) is 45.9. The van der Waals surface area contributed by atoms with E-state index in [9.17, 15) is 37.5 Å². The summed E-state index contributed by atoms with van der Waals surface area (Å²) in [6.45, 7) is 24.2. The van der Waals surface area contributed by atoms with Crippen molar-refractivity contribution >= 4 is 30.0 Å². The molecule has 7 fully saturated rings. The number of halogens is 3. The lowest BCUT2D eigenvalue weighted by Gasteiger charge is -2.55. The molecule has 0 aromatic heterocycles. The Kier molecular flexibility index (Phi) is 16.4. The van der Waals surface area contributed by atoms with Gasteiger partial charge < -0.3 is 33.5 Å². The molecule has 354 valence electrons. The van der Waals surface area contributed by atoms with Crippen LogP contribution >= 0.6 is 0 Å². The van der Waals surface area contributed by atoms with E-state index in [2.05, 4.69) is 26.3 Å². The van der Waals surface area contributed by atoms with Crippen LogP contribution in [0.25, 0.3) is 6.08 Å². The first kappa shape index (κ1) is 50.8. The molecule has 6 aliphatic carbocycles. The van der Waals surface area contributed by atoms with E-state index in [0.29, 0.717) is 46.3 Å². The van der Waals surface area contributed by atoms with Crippen molar-refractivity contribution in [3.05, 3.63) is 103 Å². The van der Waals surface area contributed by atoms with Crippen LogP contribution in [0.5, 0.6) is 11.5 Å². The van der Waals surface area contributed by atoms with Gasteiger partial charge in [-0.15, -0.1) is 0 Å². The number of alkyl halides is 3. The van der Waals surface area contributed by atoms with Gasteiger partial charge in [-0.3, -0.25) is 4.79 Å².